The maximum atomic E-state index is 5.18. The second kappa shape index (κ2) is 13.5. The molecule has 6 aromatic carbocycles. The largest absolute Gasteiger partial charge is 0.264 e. The van der Waals surface area contributed by atoms with Crippen molar-refractivity contribution in [2.24, 2.45) is 0 Å². The molecule has 2 aliphatic rings. The first-order valence-corrected chi connectivity index (χ1v) is 19.0. The Balaban J connectivity index is 1.09. The number of aromatic nitrogens is 4. The van der Waals surface area contributed by atoms with E-state index in [4.69, 9.17) is 15.0 Å². The quantitative estimate of drug-likeness (QED) is 0.174. The molecule has 2 aromatic heterocycles. The average Bonchev–Trinajstić information content (AvgIpc) is 3.51. The van der Waals surface area contributed by atoms with Gasteiger partial charge in [0.05, 0.1) is 0 Å². The molecule has 4 nitrogen and oxygen atoms in total. The molecule has 0 atom stereocenters. The van der Waals surface area contributed by atoms with Crippen LogP contribution in [0.2, 0.25) is 0 Å². The Kier molecular flexibility index (Phi) is 8.02. The van der Waals surface area contributed by atoms with Crippen molar-refractivity contribution in [3.8, 4) is 78.7 Å². The first-order valence-electron chi connectivity index (χ1n) is 19.0. The fourth-order valence-electron chi connectivity index (χ4n) is 8.79. The van der Waals surface area contributed by atoms with Crippen LogP contribution < -0.4 is 0 Å². The summed E-state index contributed by atoms with van der Waals surface area (Å²) in [7, 11) is 0. The molecule has 1 saturated carbocycles. The molecule has 0 N–H and O–H groups in total. The topological polar surface area (TPSA) is 51.6 Å². The molecule has 54 heavy (non-hydrogen) atoms. The van der Waals surface area contributed by atoms with E-state index in [-0.39, 0.29) is 5.41 Å². The number of hydrogen-bond donors (Lipinski definition) is 0. The lowest BCUT2D eigenvalue weighted by molar-refractivity contribution is 0.353. The molecule has 0 saturated heterocycles. The zero-order chi connectivity index (χ0) is 35.9. The molecule has 10 rings (SSSR count). The van der Waals surface area contributed by atoms with Crippen molar-refractivity contribution < 1.29 is 0 Å². The fourth-order valence-corrected chi connectivity index (χ4v) is 8.79. The van der Waals surface area contributed by atoms with E-state index in [2.05, 4.69) is 132 Å². The van der Waals surface area contributed by atoms with Crippen molar-refractivity contribution in [2.45, 2.75) is 37.5 Å². The average molecular weight is 695 g/mol. The molecule has 0 bridgehead atoms. The molecule has 2 aliphatic carbocycles. The molecule has 1 spiro atoms. The summed E-state index contributed by atoms with van der Waals surface area (Å²) in [5, 5.41) is 0. The monoisotopic (exact) mass is 694 g/mol. The third-order valence-electron chi connectivity index (χ3n) is 11.5. The third kappa shape index (κ3) is 5.62. The van der Waals surface area contributed by atoms with Crippen molar-refractivity contribution in [1.29, 1.82) is 0 Å². The number of benzene rings is 6. The normalized spacial score (nSPS) is 14.1. The zero-order valence-electron chi connectivity index (χ0n) is 30.0. The second-order valence-corrected chi connectivity index (χ2v) is 14.6. The first kappa shape index (κ1) is 32.2. The minimum atomic E-state index is 0.0446. The summed E-state index contributed by atoms with van der Waals surface area (Å²) in [5.74, 6) is 1.97. The molecular formula is C50H38N4. The van der Waals surface area contributed by atoms with Crippen molar-refractivity contribution >= 4 is 0 Å². The van der Waals surface area contributed by atoms with E-state index < -0.39 is 0 Å². The van der Waals surface area contributed by atoms with Gasteiger partial charge in [0.1, 0.15) is 0 Å². The standard InChI is InChI=1S/C50H38N4/c1-4-13-34(14-5-1)35-20-22-37(23-21-35)48-52-47(36-15-6-2-7-16-36)53-49(54-48)43-19-9-8-18-41(43)39-25-27-45-44(31-39)42-26-24-38(40-17-12-30-51-33-40)32-46(42)50(45)28-10-3-11-29-50/h1-2,4-9,12-27,30-33H,3,10-11,28-29H2. The minimum absolute atomic E-state index is 0.0446. The Bertz CT molecular complexity index is 2610. The minimum Gasteiger partial charge on any atom is -0.264 e. The van der Waals surface area contributed by atoms with Crippen LogP contribution in [-0.2, 0) is 5.41 Å². The van der Waals surface area contributed by atoms with Crippen LogP contribution in [0.3, 0.4) is 0 Å². The van der Waals surface area contributed by atoms with Crippen LogP contribution in [0.1, 0.15) is 43.2 Å². The number of pyridine rings is 1. The van der Waals surface area contributed by atoms with Crippen LogP contribution >= 0.6 is 0 Å². The van der Waals surface area contributed by atoms with Gasteiger partial charge in [0.2, 0.25) is 0 Å². The van der Waals surface area contributed by atoms with Gasteiger partial charge >= 0.3 is 0 Å². The van der Waals surface area contributed by atoms with Gasteiger partial charge in [-0.15, -0.1) is 0 Å². The van der Waals surface area contributed by atoms with Crippen LogP contribution in [-0.4, -0.2) is 19.9 Å². The summed E-state index contributed by atoms with van der Waals surface area (Å²) in [6.45, 7) is 0. The van der Waals surface area contributed by atoms with Gasteiger partial charge in [-0.05, 0) is 86.7 Å². The van der Waals surface area contributed by atoms with Gasteiger partial charge in [-0.2, -0.15) is 0 Å². The van der Waals surface area contributed by atoms with E-state index in [0.29, 0.717) is 17.5 Å². The predicted octanol–water partition coefficient (Wildman–Crippen LogP) is 12.5. The molecule has 258 valence electrons. The molecule has 0 amide bonds. The van der Waals surface area contributed by atoms with E-state index >= 15 is 0 Å². The van der Waals surface area contributed by atoms with Crippen molar-refractivity contribution in [3.63, 3.8) is 0 Å². The molecule has 8 aromatic rings. The van der Waals surface area contributed by atoms with E-state index in [0.717, 1.165) is 38.9 Å². The number of fused-ring (bicyclic) bond motifs is 5. The lowest BCUT2D eigenvalue weighted by atomic mass is 9.67. The van der Waals surface area contributed by atoms with Gasteiger partial charge in [0.15, 0.2) is 17.5 Å². The highest BCUT2D eigenvalue weighted by molar-refractivity contribution is 5.89. The number of nitrogens with zero attached hydrogens (tertiary/aromatic N) is 4. The van der Waals surface area contributed by atoms with Crippen LogP contribution in [0.15, 0.2) is 170 Å². The highest BCUT2D eigenvalue weighted by Gasteiger charge is 2.44. The molecule has 0 unspecified atom stereocenters. The maximum absolute atomic E-state index is 5.18. The summed E-state index contributed by atoms with van der Waals surface area (Å²) >= 11 is 0. The van der Waals surface area contributed by atoms with E-state index in [9.17, 15) is 0 Å². The van der Waals surface area contributed by atoms with Crippen LogP contribution in [0, 0.1) is 0 Å². The molecule has 0 radical (unpaired) electrons. The second-order valence-electron chi connectivity index (χ2n) is 14.6. The third-order valence-corrected chi connectivity index (χ3v) is 11.5. The Labute approximate surface area is 316 Å². The number of hydrogen-bond acceptors (Lipinski definition) is 4. The van der Waals surface area contributed by atoms with E-state index in [1.54, 1.807) is 0 Å². The van der Waals surface area contributed by atoms with Gasteiger partial charge in [-0.25, -0.2) is 15.0 Å². The number of rotatable bonds is 6. The smallest absolute Gasteiger partial charge is 0.164 e. The SMILES string of the molecule is c1ccc(-c2ccc(-c3nc(-c4ccccc4)nc(-c4ccccc4-c4ccc5c(c4)-c4ccc(-c6cccnc6)cc4C54CCCCC4)n3)cc2)cc1. The molecule has 0 aliphatic heterocycles. The van der Waals surface area contributed by atoms with E-state index in [1.807, 2.05) is 42.7 Å². The zero-order valence-corrected chi connectivity index (χ0v) is 30.0. The van der Waals surface area contributed by atoms with E-state index in [1.165, 1.54) is 65.5 Å². The lowest BCUT2D eigenvalue weighted by Gasteiger charge is -2.36. The maximum Gasteiger partial charge on any atom is 0.164 e. The summed E-state index contributed by atoms with van der Waals surface area (Å²) in [6, 6.07) is 56.1. The Morgan fingerprint density at radius 2 is 0.926 bits per heavy atom. The Hall–Kier alpha value is -6.52. The van der Waals surface area contributed by atoms with Crippen LogP contribution in [0.4, 0.5) is 0 Å². The Morgan fingerprint density at radius 1 is 0.352 bits per heavy atom. The van der Waals surface area contributed by atoms with Crippen molar-refractivity contribution in [2.75, 3.05) is 0 Å². The van der Waals surface area contributed by atoms with Crippen LogP contribution in [0.5, 0.6) is 0 Å². The predicted molar refractivity (Wildman–Crippen MR) is 220 cm³/mol. The summed E-state index contributed by atoms with van der Waals surface area (Å²) in [4.78, 5) is 19.8. The highest BCUT2D eigenvalue weighted by Crippen LogP contribution is 2.57. The summed E-state index contributed by atoms with van der Waals surface area (Å²) < 4.78 is 0. The molecule has 4 heteroatoms. The highest BCUT2D eigenvalue weighted by atomic mass is 15.0. The first-order chi connectivity index (χ1) is 26.7. The van der Waals surface area contributed by atoms with Gasteiger partial charge in [0, 0.05) is 34.5 Å². The van der Waals surface area contributed by atoms with Crippen molar-refractivity contribution in [3.05, 3.63) is 181 Å². The van der Waals surface area contributed by atoms with Gasteiger partial charge in [0.25, 0.3) is 0 Å². The Morgan fingerprint density at radius 3 is 1.65 bits per heavy atom. The molecule has 1 fully saturated rings. The lowest BCUT2D eigenvalue weighted by Crippen LogP contribution is -2.28. The van der Waals surface area contributed by atoms with Gasteiger partial charge in [-0.3, -0.25) is 4.98 Å². The van der Waals surface area contributed by atoms with Crippen molar-refractivity contribution in [1.82, 2.24) is 19.9 Å². The summed E-state index contributed by atoms with van der Waals surface area (Å²) in [6.07, 6.45) is 9.99. The van der Waals surface area contributed by atoms with Gasteiger partial charge in [-0.1, -0.05) is 159 Å². The van der Waals surface area contributed by atoms with Crippen LogP contribution in [0.25, 0.3) is 78.7 Å². The molecular weight excluding hydrogens is 657 g/mol. The molecule has 2 heterocycles. The fraction of sp³-hybridized carbons (Fsp3) is 0.120. The summed E-state index contributed by atoms with van der Waals surface area (Å²) in [5.41, 5.74) is 15.6. The van der Waals surface area contributed by atoms with Gasteiger partial charge < -0.3 is 0 Å².